The number of carbonyl (C=O) groups is 1. The fourth-order valence-electron chi connectivity index (χ4n) is 4.19. The predicted molar refractivity (Wildman–Crippen MR) is 142 cm³/mol. The fraction of sp³-hybridized carbons (Fsp3) is 0.538. The zero-order chi connectivity index (χ0) is 26.7. The van der Waals surface area contributed by atoms with E-state index in [1.807, 2.05) is 4.57 Å². The molecule has 4 rings (SSSR count). The van der Waals surface area contributed by atoms with Gasteiger partial charge >= 0.3 is 6.09 Å². The Morgan fingerprint density at radius 3 is 2.81 bits per heavy atom. The molecule has 0 radical (unpaired) electrons. The maximum atomic E-state index is 15.0. The number of fused-ring (bicyclic) bond motifs is 3. The highest BCUT2D eigenvalue weighted by Crippen LogP contribution is 2.36. The molecule has 3 aromatic heterocycles. The smallest absolute Gasteiger partial charge is 0.410 e. The first-order valence-electron chi connectivity index (χ1n) is 12.1. The molecule has 0 aromatic carbocycles. The van der Waals surface area contributed by atoms with E-state index in [9.17, 15) is 10.1 Å². The van der Waals surface area contributed by atoms with Crippen LogP contribution >= 0.6 is 0 Å². The number of alkyl halides is 1. The Morgan fingerprint density at radius 1 is 1.32 bits per heavy atom. The summed E-state index contributed by atoms with van der Waals surface area (Å²) in [6.07, 6.45) is 5.06. The number of piperidine rings is 1. The monoisotopic (exact) mass is 530 g/mol. The van der Waals surface area contributed by atoms with Crippen LogP contribution in [0.1, 0.15) is 32.9 Å². The van der Waals surface area contributed by atoms with E-state index in [1.54, 1.807) is 45.3 Å². The largest absolute Gasteiger partial charge is 0.485 e. The molecule has 2 atom stereocenters. The number of halogens is 1. The van der Waals surface area contributed by atoms with Crippen molar-refractivity contribution in [3.63, 3.8) is 0 Å². The van der Waals surface area contributed by atoms with Gasteiger partial charge in [0.1, 0.15) is 53.5 Å². The lowest BCUT2D eigenvalue weighted by molar-refractivity contribution is -0.0119. The first-order chi connectivity index (χ1) is 17.6. The number of nitriles is 1. The minimum absolute atomic E-state index is 0.0582. The van der Waals surface area contributed by atoms with E-state index in [0.717, 1.165) is 11.3 Å². The molecule has 198 valence electrons. The molecule has 0 aliphatic carbocycles. The van der Waals surface area contributed by atoms with Crippen molar-refractivity contribution in [2.24, 2.45) is 0 Å². The average Bonchev–Trinajstić information content (AvgIpc) is 3.15. The van der Waals surface area contributed by atoms with Gasteiger partial charge in [0.2, 0.25) is 0 Å². The van der Waals surface area contributed by atoms with Crippen LogP contribution in [0.5, 0.6) is 5.75 Å². The average molecular weight is 531 g/mol. The van der Waals surface area contributed by atoms with E-state index in [-0.39, 0.29) is 42.8 Å². The molecular formula is C26H33FN5O4S+. The van der Waals surface area contributed by atoms with Gasteiger partial charge in [0.25, 0.3) is 0 Å². The topological polar surface area (TPSA) is 103 Å². The molecule has 1 aliphatic rings. The van der Waals surface area contributed by atoms with Gasteiger partial charge in [0, 0.05) is 24.5 Å². The van der Waals surface area contributed by atoms with Crippen LogP contribution in [0, 0.1) is 11.3 Å². The summed E-state index contributed by atoms with van der Waals surface area (Å²) in [7, 11) is 0.263. The van der Waals surface area contributed by atoms with Gasteiger partial charge < -0.3 is 19.1 Å². The highest BCUT2D eigenvalue weighted by molar-refractivity contribution is 7.95. The molecule has 9 nitrogen and oxygen atoms in total. The third kappa shape index (κ3) is 6.25. The van der Waals surface area contributed by atoms with E-state index >= 15 is 4.39 Å². The summed E-state index contributed by atoms with van der Waals surface area (Å²) < 4.78 is 34.5. The Labute approximate surface area is 218 Å². The number of ether oxygens (including phenoxy) is 3. The number of hydrogen-bond acceptors (Lipinski definition) is 7. The summed E-state index contributed by atoms with van der Waals surface area (Å²) in [5.74, 6) is 1.37. The second-order valence-electron chi connectivity index (χ2n) is 10.2. The molecule has 0 saturated carbocycles. The zero-order valence-electron chi connectivity index (χ0n) is 21.9. The van der Waals surface area contributed by atoms with Gasteiger partial charge in [-0.3, -0.25) is 4.57 Å². The first kappa shape index (κ1) is 26.9. The standard InChI is InChI=1S/C26H33FN5O4S/c1-26(2,3)36-25(33)31-9-7-19(27)22(15-31)35-21-6-8-29-24-23(21)18-12-17(13-28)30-14-20(18)32(24)16-34-10-11-37(4)5/h6,8,12,14,19,22H,7,9-11,15-16H2,1-5H3/q+1/t19-,22+/m1/s1. The van der Waals surface area contributed by atoms with E-state index in [0.29, 0.717) is 28.8 Å². The number of likely N-dealkylation sites (tertiary alicyclic amines) is 1. The van der Waals surface area contributed by atoms with E-state index in [2.05, 4.69) is 28.5 Å². The molecule has 1 saturated heterocycles. The molecule has 1 fully saturated rings. The van der Waals surface area contributed by atoms with Crippen LogP contribution < -0.4 is 4.74 Å². The van der Waals surface area contributed by atoms with E-state index in [4.69, 9.17) is 14.2 Å². The molecular weight excluding hydrogens is 497 g/mol. The lowest BCUT2D eigenvalue weighted by atomic mass is 10.1. The number of carbonyl (C=O) groups excluding carboxylic acids is 1. The lowest BCUT2D eigenvalue weighted by Crippen LogP contribution is -2.51. The van der Waals surface area contributed by atoms with Crippen molar-refractivity contribution in [1.82, 2.24) is 19.4 Å². The van der Waals surface area contributed by atoms with Crippen molar-refractivity contribution < 1.29 is 23.4 Å². The minimum atomic E-state index is -1.26. The minimum Gasteiger partial charge on any atom is -0.485 e. The third-order valence-corrected chi connectivity index (χ3v) is 6.95. The van der Waals surface area contributed by atoms with E-state index in [1.165, 1.54) is 4.90 Å². The quantitative estimate of drug-likeness (QED) is 0.336. The number of aromatic nitrogens is 3. The Balaban J connectivity index is 1.67. The van der Waals surface area contributed by atoms with Crippen molar-refractivity contribution in [2.45, 2.75) is 51.8 Å². The summed E-state index contributed by atoms with van der Waals surface area (Å²) in [4.78, 5) is 22.9. The van der Waals surface area contributed by atoms with Crippen molar-refractivity contribution in [2.75, 3.05) is 38.0 Å². The Kier molecular flexibility index (Phi) is 8.09. The SMILES string of the molecule is C[S+](C)CCOCn1c2cnc(C#N)cc2c2c(O[C@H]3CN(C(=O)OC(C)(C)C)CC[C@H]3F)ccnc21. The summed E-state index contributed by atoms with van der Waals surface area (Å²) in [5.41, 5.74) is 0.927. The van der Waals surface area contributed by atoms with Gasteiger partial charge in [-0.05, 0) is 43.8 Å². The molecule has 0 spiro atoms. The lowest BCUT2D eigenvalue weighted by Gasteiger charge is -2.36. The third-order valence-electron chi connectivity index (χ3n) is 5.97. The van der Waals surface area contributed by atoms with Crippen molar-refractivity contribution in [1.29, 1.82) is 5.26 Å². The number of rotatable bonds is 7. The highest BCUT2D eigenvalue weighted by atomic mass is 32.2. The Morgan fingerprint density at radius 2 is 2.11 bits per heavy atom. The molecule has 1 aliphatic heterocycles. The van der Waals surface area contributed by atoms with Crippen LogP contribution in [0.2, 0.25) is 0 Å². The van der Waals surface area contributed by atoms with Crippen LogP contribution in [-0.2, 0) is 27.1 Å². The molecule has 3 aromatic rings. The molecule has 11 heteroatoms. The number of pyridine rings is 2. The van der Waals surface area contributed by atoms with Crippen LogP contribution in [0.3, 0.4) is 0 Å². The van der Waals surface area contributed by atoms with Crippen molar-refractivity contribution in [3.8, 4) is 11.8 Å². The molecule has 1 amide bonds. The van der Waals surface area contributed by atoms with Gasteiger partial charge in [-0.25, -0.2) is 19.2 Å². The van der Waals surface area contributed by atoms with Gasteiger partial charge in [-0.2, -0.15) is 5.26 Å². The van der Waals surface area contributed by atoms with Gasteiger partial charge in [-0.15, -0.1) is 0 Å². The summed E-state index contributed by atoms with van der Waals surface area (Å²) in [6.45, 7) is 6.55. The first-order valence-corrected chi connectivity index (χ1v) is 14.4. The summed E-state index contributed by atoms with van der Waals surface area (Å²) in [6, 6.07) is 5.43. The second kappa shape index (κ2) is 11.1. The number of amides is 1. The normalized spacial score (nSPS) is 18.4. The van der Waals surface area contributed by atoms with Gasteiger partial charge in [-0.1, -0.05) is 0 Å². The highest BCUT2D eigenvalue weighted by Gasteiger charge is 2.35. The Bertz CT molecular complexity index is 1320. The molecule has 0 bridgehead atoms. The maximum Gasteiger partial charge on any atom is 0.410 e. The summed E-state index contributed by atoms with van der Waals surface area (Å²) >= 11 is 0. The van der Waals surface area contributed by atoms with Crippen LogP contribution in [0.15, 0.2) is 24.5 Å². The van der Waals surface area contributed by atoms with Crippen LogP contribution in [0.25, 0.3) is 21.9 Å². The Hall–Kier alpha value is -3.10. The summed E-state index contributed by atoms with van der Waals surface area (Å²) in [5, 5.41) is 10.8. The zero-order valence-corrected chi connectivity index (χ0v) is 22.7. The molecule has 4 heterocycles. The molecule has 37 heavy (non-hydrogen) atoms. The van der Waals surface area contributed by atoms with Gasteiger partial charge in [0.15, 0.2) is 0 Å². The van der Waals surface area contributed by atoms with Crippen molar-refractivity contribution in [3.05, 3.63) is 30.2 Å². The molecule has 0 N–H and O–H groups in total. The van der Waals surface area contributed by atoms with Crippen LogP contribution in [-0.4, -0.2) is 81.4 Å². The number of hydrogen-bond donors (Lipinski definition) is 0. The fourth-order valence-corrected chi connectivity index (χ4v) is 4.65. The van der Waals surface area contributed by atoms with Crippen LogP contribution in [0.4, 0.5) is 9.18 Å². The number of nitrogens with zero attached hydrogens (tertiary/aromatic N) is 5. The predicted octanol–water partition coefficient (Wildman–Crippen LogP) is 4.03. The second-order valence-corrected chi connectivity index (χ2v) is 12.6. The maximum absolute atomic E-state index is 15.0. The molecule has 0 unspecified atom stereocenters. The van der Waals surface area contributed by atoms with E-state index < -0.39 is 24.0 Å². The van der Waals surface area contributed by atoms with Gasteiger partial charge in [0.05, 0.1) is 42.8 Å². The van der Waals surface area contributed by atoms with Crippen molar-refractivity contribution >= 4 is 38.9 Å².